The molecule has 0 aromatic carbocycles. The maximum absolute atomic E-state index is 11.9. The van der Waals surface area contributed by atoms with Crippen LogP contribution in [0.1, 0.15) is 6.92 Å². The van der Waals surface area contributed by atoms with Crippen LogP contribution in [0.4, 0.5) is 0 Å². The van der Waals surface area contributed by atoms with Crippen LogP contribution in [-0.4, -0.2) is 51.9 Å². The zero-order valence-electron chi connectivity index (χ0n) is 10.6. The van der Waals surface area contributed by atoms with Crippen molar-refractivity contribution in [3.8, 4) is 0 Å². The van der Waals surface area contributed by atoms with E-state index in [0.29, 0.717) is 0 Å². The van der Waals surface area contributed by atoms with E-state index in [1.807, 2.05) is 0 Å². The Morgan fingerprint density at radius 3 is 1.94 bits per heavy atom. The van der Waals surface area contributed by atoms with Crippen LogP contribution in [-0.2, 0) is 33.3 Å². The Hall–Kier alpha value is -1.63. The second kappa shape index (κ2) is 5.81. The van der Waals surface area contributed by atoms with E-state index in [9.17, 15) is 14.4 Å². The Morgan fingerprint density at radius 2 is 1.67 bits per heavy atom. The maximum atomic E-state index is 11.9. The highest BCUT2D eigenvalue weighted by Gasteiger charge is 2.60. The highest BCUT2D eigenvalue weighted by molar-refractivity contribution is 6.01. The van der Waals surface area contributed by atoms with E-state index in [0.717, 1.165) is 14.2 Å². The van der Waals surface area contributed by atoms with Gasteiger partial charge >= 0.3 is 17.9 Å². The minimum absolute atomic E-state index is 0.0687. The van der Waals surface area contributed by atoms with Crippen molar-refractivity contribution in [2.75, 3.05) is 34.0 Å². The lowest BCUT2D eigenvalue weighted by Crippen LogP contribution is -2.59. The van der Waals surface area contributed by atoms with E-state index < -0.39 is 29.2 Å². The lowest BCUT2D eigenvalue weighted by atomic mass is 9.73. The molecule has 0 N–H and O–H groups in total. The third kappa shape index (κ3) is 2.31. The van der Waals surface area contributed by atoms with Crippen molar-refractivity contribution in [1.82, 2.24) is 0 Å². The van der Waals surface area contributed by atoms with Gasteiger partial charge in [-0.25, -0.2) is 0 Å². The Labute approximate surface area is 104 Å². The fraction of sp³-hybridized carbons (Fsp3) is 0.727. The summed E-state index contributed by atoms with van der Waals surface area (Å²) >= 11 is 0. The van der Waals surface area contributed by atoms with Crippen molar-refractivity contribution >= 4 is 17.9 Å². The van der Waals surface area contributed by atoms with Gasteiger partial charge in [0.05, 0.1) is 34.0 Å². The van der Waals surface area contributed by atoms with E-state index in [1.54, 1.807) is 6.92 Å². The van der Waals surface area contributed by atoms with Gasteiger partial charge < -0.3 is 18.9 Å². The number of methoxy groups -OCH3 is 2. The van der Waals surface area contributed by atoms with Crippen LogP contribution < -0.4 is 0 Å². The molecule has 0 bridgehead atoms. The fourth-order valence-corrected chi connectivity index (χ4v) is 1.78. The molecular weight excluding hydrogens is 244 g/mol. The molecule has 18 heavy (non-hydrogen) atoms. The summed E-state index contributed by atoms with van der Waals surface area (Å²) in [6.07, 6.45) is 0. The molecule has 0 spiro atoms. The van der Waals surface area contributed by atoms with Crippen LogP contribution in [0.5, 0.6) is 0 Å². The topological polar surface area (TPSA) is 88.1 Å². The first-order valence-corrected chi connectivity index (χ1v) is 5.44. The van der Waals surface area contributed by atoms with Crippen LogP contribution >= 0.6 is 0 Å². The van der Waals surface area contributed by atoms with Gasteiger partial charge in [0.15, 0.2) is 5.92 Å². The molecule has 0 saturated carbocycles. The van der Waals surface area contributed by atoms with Crippen molar-refractivity contribution in [3.63, 3.8) is 0 Å². The fourth-order valence-electron chi connectivity index (χ4n) is 1.78. The zero-order valence-corrected chi connectivity index (χ0v) is 10.6. The Bertz CT molecular complexity index is 329. The largest absolute Gasteiger partial charge is 0.468 e. The minimum atomic E-state index is -1.36. The van der Waals surface area contributed by atoms with Crippen molar-refractivity contribution < 1.29 is 33.3 Å². The van der Waals surface area contributed by atoms with E-state index in [-0.39, 0.29) is 19.8 Å². The number of carbonyl (C=O) groups is 3. The molecule has 0 amide bonds. The van der Waals surface area contributed by atoms with Crippen LogP contribution in [0.15, 0.2) is 0 Å². The highest BCUT2D eigenvalue weighted by Crippen LogP contribution is 2.39. The maximum Gasteiger partial charge on any atom is 0.321 e. The number of carbonyl (C=O) groups excluding carboxylic acids is 3. The van der Waals surface area contributed by atoms with Gasteiger partial charge in [-0.2, -0.15) is 0 Å². The molecule has 1 heterocycles. The number of hydrogen-bond acceptors (Lipinski definition) is 7. The summed E-state index contributed by atoms with van der Waals surface area (Å²) in [5.41, 5.74) is -1.34. The van der Waals surface area contributed by atoms with E-state index in [4.69, 9.17) is 9.47 Å². The number of esters is 3. The molecule has 7 nitrogen and oxygen atoms in total. The summed E-state index contributed by atoms with van der Waals surface area (Å²) in [5.74, 6) is -3.69. The van der Waals surface area contributed by atoms with Gasteiger partial charge in [-0.15, -0.1) is 0 Å². The Kier molecular flexibility index (Phi) is 4.66. The lowest BCUT2D eigenvalue weighted by Gasteiger charge is -2.41. The van der Waals surface area contributed by atoms with Gasteiger partial charge in [-0.1, -0.05) is 0 Å². The first kappa shape index (κ1) is 14.4. The molecule has 1 aliphatic heterocycles. The summed E-state index contributed by atoms with van der Waals surface area (Å²) in [6, 6.07) is 0. The zero-order chi connectivity index (χ0) is 13.8. The Balaban J connectivity index is 3.04. The van der Waals surface area contributed by atoms with E-state index in [1.165, 1.54) is 0 Å². The molecule has 0 radical (unpaired) electrons. The minimum Gasteiger partial charge on any atom is -0.468 e. The number of hydrogen-bond donors (Lipinski definition) is 0. The smallest absolute Gasteiger partial charge is 0.321 e. The van der Waals surface area contributed by atoms with E-state index in [2.05, 4.69) is 9.47 Å². The molecule has 1 fully saturated rings. The second-order valence-corrected chi connectivity index (χ2v) is 3.85. The quantitative estimate of drug-likeness (QED) is 0.375. The molecule has 102 valence electrons. The Morgan fingerprint density at radius 1 is 1.17 bits per heavy atom. The third-order valence-electron chi connectivity index (χ3n) is 2.83. The van der Waals surface area contributed by atoms with Gasteiger partial charge in [0.2, 0.25) is 0 Å². The van der Waals surface area contributed by atoms with Crippen molar-refractivity contribution in [1.29, 1.82) is 0 Å². The van der Waals surface area contributed by atoms with Gasteiger partial charge in [0, 0.05) is 0 Å². The van der Waals surface area contributed by atoms with Gasteiger partial charge in [0.1, 0.15) is 5.41 Å². The molecule has 1 saturated heterocycles. The summed E-state index contributed by atoms with van der Waals surface area (Å²) < 4.78 is 18.9. The van der Waals surface area contributed by atoms with E-state index >= 15 is 0 Å². The average molecular weight is 260 g/mol. The number of rotatable bonds is 5. The third-order valence-corrected chi connectivity index (χ3v) is 2.83. The molecular formula is C11H16O7. The summed E-state index contributed by atoms with van der Waals surface area (Å²) in [6.45, 7) is 1.65. The van der Waals surface area contributed by atoms with Crippen molar-refractivity contribution in [3.05, 3.63) is 0 Å². The van der Waals surface area contributed by atoms with Crippen LogP contribution in [0.25, 0.3) is 0 Å². The van der Waals surface area contributed by atoms with Crippen molar-refractivity contribution in [2.24, 2.45) is 11.3 Å². The predicted molar refractivity (Wildman–Crippen MR) is 57.4 cm³/mol. The average Bonchev–Trinajstić information content (AvgIpc) is 2.31. The molecule has 7 heteroatoms. The summed E-state index contributed by atoms with van der Waals surface area (Å²) in [4.78, 5) is 35.3. The lowest BCUT2D eigenvalue weighted by molar-refractivity contribution is -0.210. The van der Waals surface area contributed by atoms with Gasteiger partial charge in [-0.3, -0.25) is 14.4 Å². The first-order valence-electron chi connectivity index (χ1n) is 5.44. The van der Waals surface area contributed by atoms with Crippen LogP contribution in [0, 0.1) is 11.3 Å². The van der Waals surface area contributed by atoms with Crippen LogP contribution in [0.3, 0.4) is 0 Å². The first-order chi connectivity index (χ1) is 8.53. The highest BCUT2D eigenvalue weighted by atomic mass is 16.6. The molecule has 0 atom stereocenters. The SMILES string of the molecule is CCOC(=O)C1(C(C(=O)OC)C(=O)OC)COC1. The normalized spacial score (nSPS) is 16.7. The molecule has 1 rings (SSSR count). The predicted octanol–water partition coefficient (Wildman–Crippen LogP) is -0.472. The second-order valence-electron chi connectivity index (χ2n) is 3.85. The molecule has 0 aliphatic carbocycles. The summed E-state index contributed by atoms with van der Waals surface area (Å²) in [5, 5.41) is 0. The van der Waals surface area contributed by atoms with Crippen molar-refractivity contribution in [2.45, 2.75) is 6.92 Å². The van der Waals surface area contributed by atoms with Gasteiger partial charge in [-0.05, 0) is 6.92 Å². The molecule has 0 aromatic heterocycles. The van der Waals surface area contributed by atoms with Crippen LogP contribution in [0.2, 0.25) is 0 Å². The van der Waals surface area contributed by atoms with Gasteiger partial charge in [0.25, 0.3) is 0 Å². The molecule has 0 unspecified atom stereocenters. The molecule has 0 aromatic rings. The monoisotopic (exact) mass is 260 g/mol. The number of ether oxygens (including phenoxy) is 4. The molecule has 1 aliphatic rings. The standard InChI is InChI=1S/C11H16O7/c1-4-18-10(14)11(5-17-6-11)7(8(12)15-2)9(13)16-3/h7H,4-6H2,1-3H3. The summed E-state index contributed by atoms with van der Waals surface area (Å²) in [7, 11) is 2.27.